The molecule has 0 spiro atoms. The van der Waals surface area contributed by atoms with Crippen molar-refractivity contribution in [2.24, 2.45) is 0 Å². The number of hydrogen-bond donors (Lipinski definition) is 1. The molecule has 11 heteroatoms. The van der Waals surface area contributed by atoms with Crippen molar-refractivity contribution in [3.05, 3.63) is 87.9 Å². The van der Waals surface area contributed by atoms with E-state index in [-0.39, 0.29) is 29.5 Å². The lowest BCUT2D eigenvalue weighted by atomic mass is 10.1. The molecule has 0 heterocycles. The third-order valence-electron chi connectivity index (χ3n) is 6.56. The molecule has 3 rings (SSSR count). The highest BCUT2D eigenvalue weighted by molar-refractivity contribution is 7.92. The second kappa shape index (κ2) is 14.5. The van der Waals surface area contributed by atoms with Crippen LogP contribution in [-0.4, -0.2) is 49.9 Å². The zero-order chi connectivity index (χ0) is 31.9. The Morgan fingerprint density at radius 3 is 2.12 bits per heavy atom. The summed E-state index contributed by atoms with van der Waals surface area (Å²) in [5.74, 6) is -0.372. The number of nitrogens with zero attached hydrogens (tertiary/aromatic N) is 2. The van der Waals surface area contributed by atoms with Crippen LogP contribution in [0, 0.1) is 6.92 Å². The number of sulfonamides is 1. The molecule has 232 valence electrons. The van der Waals surface area contributed by atoms with Crippen molar-refractivity contribution in [3.8, 4) is 5.75 Å². The van der Waals surface area contributed by atoms with Gasteiger partial charge >= 0.3 is 0 Å². The van der Waals surface area contributed by atoms with E-state index in [9.17, 15) is 18.0 Å². The van der Waals surface area contributed by atoms with Gasteiger partial charge < -0.3 is 15.0 Å². The highest BCUT2D eigenvalue weighted by atomic mass is 35.5. The molecule has 0 saturated carbocycles. The maximum atomic E-state index is 14.2. The number of halogens is 2. The van der Waals surface area contributed by atoms with Gasteiger partial charge in [-0.1, -0.05) is 53.9 Å². The summed E-state index contributed by atoms with van der Waals surface area (Å²) in [6.45, 7) is 10.9. The van der Waals surface area contributed by atoms with Crippen LogP contribution in [0.1, 0.15) is 52.2 Å². The van der Waals surface area contributed by atoms with Crippen LogP contribution >= 0.6 is 23.2 Å². The predicted molar refractivity (Wildman–Crippen MR) is 172 cm³/mol. The van der Waals surface area contributed by atoms with Gasteiger partial charge in [-0.25, -0.2) is 8.42 Å². The van der Waals surface area contributed by atoms with Gasteiger partial charge in [0, 0.05) is 22.1 Å². The van der Waals surface area contributed by atoms with E-state index in [0.717, 1.165) is 9.87 Å². The van der Waals surface area contributed by atoms with E-state index >= 15 is 0 Å². The zero-order valence-electron chi connectivity index (χ0n) is 25.4. The van der Waals surface area contributed by atoms with Crippen LogP contribution in [0.25, 0.3) is 0 Å². The molecule has 0 aliphatic rings. The Morgan fingerprint density at radius 1 is 0.953 bits per heavy atom. The van der Waals surface area contributed by atoms with Crippen molar-refractivity contribution in [3.63, 3.8) is 0 Å². The Kier molecular flexibility index (Phi) is 11.5. The molecule has 0 aromatic heterocycles. The molecule has 0 fully saturated rings. The second-order valence-corrected chi connectivity index (χ2v) is 13.9. The summed E-state index contributed by atoms with van der Waals surface area (Å²) < 4.78 is 34.7. The molecular formula is C32H39Cl2N3O5S. The van der Waals surface area contributed by atoms with E-state index in [1.165, 1.54) is 17.0 Å². The van der Waals surface area contributed by atoms with Crippen molar-refractivity contribution in [2.75, 3.05) is 17.5 Å². The molecule has 3 aromatic carbocycles. The van der Waals surface area contributed by atoms with Gasteiger partial charge in [0.15, 0.2) is 0 Å². The number of carbonyl (C=O) groups excluding carboxylic acids is 2. The maximum absolute atomic E-state index is 14.2. The summed E-state index contributed by atoms with van der Waals surface area (Å²) in [7, 11) is -4.19. The molecular weight excluding hydrogens is 609 g/mol. The summed E-state index contributed by atoms with van der Waals surface area (Å²) >= 11 is 12.6. The van der Waals surface area contributed by atoms with Crippen molar-refractivity contribution < 1.29 is 22.7 Å². The zero-order valence-corrected chi connectivity index (χ0v) is 27.7. The quantitative estimate of drug-likeness (QED) is 0.238. The minimum absolute atomic E-state index is 0.0320. The number of benzene rings is 3. The number of ether oxygens (including phenoxy) is 1. The van der Waals surface area contributed by atoms with Crippen LogP contribution < -0.4 is 14.4 Å². The van der Waals surface area contributed by atoms with Crippen LogP contribution in [0.2, 0.25) is 10.0 Å². The van der Waals surface area contributed by atoms with Crippen LogP contribution in [0.5, 0.6) is 5.75 Å². The maximum Gasteiger partial charge on any atom is 0.264 e. The highest BCUT2D eigenvalue weighted by Gasteiger charge is 2.35. The first-order valence-corrected chi connectivity index (χ1v) is 16.2. The van der Waals surface area contributed by atoms with Gasteiger partial charge in [0.05, 0.1) is 17.2 Å². The molecule has 0 saturated heterocycles. The van der Waals surface area contributed by atoms with Crippen LogP contribution in [0.3, 0.4) is 0 Å². The summed E-state index contributed by atoms with van der Waals surface area (Å²) in [4.78, 5) is 29.1. The fourth-order valence-electron chi connectivity index (χ4n) is 4.45. The summed E-state index contributed by atoms with van der Waals surface area (Å²) in [6, 6.07) is 16.9. The molecule has 1 N–H and O–H groups in total. The Balaban J connectivity index is 2.10. The molecule has 2 amide bonds. The number of hydrogen-bond acceptors (Lipinski definition) is 5. The number of nitrogens with one attached hydrogen (secondary N) is 1. The van der Waals surface area contributed by atoms with Crippen LogP contribution in [-0.2, 0) is 26.2 Å². The Labute approximate surface area is 265 Å². The molecule has 0 aliphatic carbocycles. The third kappa shape index (κ3) is 9.11. The minimum atomic E-state index is -4.19. The molecule has 1 atom stereocenters. The van der Waals surface area contributed by atoms with Crippen molar-refractivity contribution in [1.82, 2.24) is 10.2 Å². The molecule has 43 heavy (non-hydrogen) atoms. The number of amides is 2. The summed E-state index contributed by atoms with van der Waals surface area (Å²) in [5.41, 5.74) is 1.18. The number of anilines is 1. The monoisotopic (exact) mass is 647 g/mol. The fourth-order valence-corrected chi connectivity index (χ4v) is 6.33. The number of aryl methyl sites for hydroxylation is 1. The highest BCUT2D eigenvalue weighted by Crippen LogP contribution is 2.28. The number of carbonyl (C=O) groups is 2. The first kappa shape index (κ1) is 34.2. The van der Waals surface area contributed by atoms with E-state index in [1.807, 2.05) is 34.6 Å². The Hall–Kier alpha value is -3.27. The molecule has 3 aromatic rings. The Morgan fingerprint density at radius 2 is 1.58 bits per heavy atom. The van der Waals surface area contributed by atoms with Gasteiger partial charge in [0.25, 0.3) is 10.0 Å². The van der Waals surface area contributed by atoms with E-state index < -0.39 is 34.1 Å². The SMILES string of the molecule is CCOc1ccc(N(CC(=O)N(Cc2ccc(Cl)cc2Cl)[C@@H](CC)C(=O)NC(C)(C)C)S(=O)(=O)c2ccc(C)cc2)cc1. The lowest BCUT2D eigenvalue weighted by Crippen LogP contribution is -2.55. The lowest BCUT2D eigenvalue weighted by Gasteiger charge is -2.35. The van der Waals surface area contributed by atoms with Gasteiger partial charge in [-0.15, -0.1) is 0 Å². The molecule has 0 bridgehead atoms. The molecule has 8 nitrogen and oxygen atoms in total. The lowest BCUT2D eigenvalue weighted by molar-refractivity contribution is -0.141. The first-order valence-electron chi connectivity index (χ1n) is 14.0. The van der Waals surface area contributed by atoms with Gasteiger partial charge in [-0.05, 0) is 95.1 Å². The Bertz CT molecular complexity index is 1520. The summed E-state index contributed by atoms with van der Waals surface area (Å²) in [6.07, 6.45) is 0.284. The largest absolute Gasteiger partial charge is 0.494 e. The van der Waals surface area contributed by atoms with Gasteiger partial charge in [-0.2, -0.15) is 0 Å². The van der Waals surface area contributed by atoms with Gasteiger partial charge in [0.2, 0.25) is 11.8 Å². The second-order valence-electron chi connectivity index (χ2n) is 11.2. The predicted octanol–water partition coefficient (Wildman–Crippen LogP) is 6.62. The molecule has 0 aliphatic heterocycles. The normalized spacial score (nSPS) is 12.4. The molecule has 0 radical (unpaired) electrons. The average molecular weight is 649 g/mol. The number of rotatable bonds is 12. The topological polar surface area (TPSA) is 96.0 Å². The van der Waals surface area contributed by atoms with Crippen molar-refractivity contribution >= 4 is 50.7 Å². The van der Waals surface area contributed by atoms with Crippen LogP contribution in [0.4, 0.5) is 5.69 Å². The fraction of sp³-hybridized carbons (Fsp3) is 0.375. The average Bonchev–Trinajstić information content (AvgIpc) is 2.92. The van der Waals surface area contributed by atoms with Gasteiger partial charge in [0.1, 0.15) is 18.3 Å². The first-order chi connectivity index (χ1) is 20.2. The van der Waals surface area contributed by atoms with E-state index in [4.69, 9.17) is 27.9 Å². The summed E-state index contributed by atoms with van der Waals surface area (Å²) in [5, 5.41) is 3.70. The third-order valence-corrected chi connectivity index (χ3v) is 8.94. The molecule has 0 unspecified atom stereocenters. The van der Waals surface area contributed by atoms with Crippen molar-refractivity contribution in [1.29, 1.82) is 0 Å². The van der Waals surface area contributed by atoms with Crippen molar-refractivity contribution in [2.45, 2.75) is 71.0 Å². The van der Waals surface area contributed by atoms with E-state index in [0.29, 0.717) is 28.0 Å². The smallest absolute Gasteiger partial charge is 0.264 e. The van der Waals surface area contributed by atoms with Crippen LogP contribution in [0.15, 0.2) is 71.6 Å². The standard InChI is InChI=1S/C32H39Cl2N3O5S/c1-7-29(31(39)35-32(4,5)6)36(20-23-11-12-24(33)19-28(23)34)30(38)21-37(25-13-15-26(16-14-25)42-8-2)43(40,41)27-17-9-22(3)10-18-27/h9-19,29H,7-8,20-21H2,1-6H3,(H,35,39)/t29-/m0/s1. The van der Waals surface area contributed by atoms with Gasteiger partial charge in [-0.3, -0.25) is 13.9 Å². The minimum Gasteiger partial charge on any atom is -0.494 e. The van der Waals surface area contributed by atoms with E-state index in [2.05, 4.69) is 5.32 Å². The van der Waals surface area contributed by atoms with E-state index in [1.54, 1.807) is 61.5 Å².